The second kappa shape index (κ2) is 4.72. The normalized spacial score (nSPS) is 10.3. The predicted octanol–water partition coefficient (Wildman–Crippen LogP) is 3.09. The minimum atomic E-state index is 0.753. The summed E-state index contributed by atoms with van der Waals surface area (Å²) in [5.41, 5.74) is 0. The minimum absolute atomic E-state index is 0.753. The van der Waals surface area contributed by atoms with Crippen molar-refractivity contribution in [3.8, 4) is 0 Å². The van der Waals surface area contributed by atoms with E-state index in [1.807, 2.05) is 31.2 Å². The van der Waals surface area contributed by atoms with E-state index in [0.29, 0.717) is 0 Å². The molecule has 5 heteroatoms. The third kappa shape index (κ3) is 3.00. The lowest BCUT2D eigenvalue weighted by Gasteiger charge is -2.01. The summed E-state index contributed by atoms with van der Waals surface area (Å²) in [5.74, 6) is 0.753. The average molecular weight is 282 g/mol. The van der Waals surface area contributed by atoms with E-state index in [9.17, 15) is 0 Å². The first-order valence-electron chi connectivity index (χ1n) is 4.34. The molecule has 0 N–H and O–H groups in total. The Morgan fingerprint density at radius 3 is 2.73 bits per heavy atom. The number of hydrogen-bond acceptors (Lipinski definition) is 4. The third-order valence-electron chi connectivity index (χ3n) is 1.63. The average Bonchev–Trinajstić information content (AvgIpc) is 2.17. The van der Waals surface area contributed by atoms with Crippen LogP contribution in [0.1, 0.15) is 5.82 Å². The molecule has 3 nitrogen and oxygen atoms in total. The quantitative estimate of drug-likeness (QED) is 0.793. The number of aryl methyl sites for hydroxylation is 1. The van der Waals surface area contributed by atoms with Gasteiger partial charge in [-0.1, -0.05) is 6.07 Å². The number of aromatic nitrogens is 3. The molecular formula is C10H8BrN3S. The maximum atomic E-state index is 4.31. The van der Waals surface area contributed by atoms with Crippen molar-refractivity contribution >= 4 is 27.7 Å². The van der Waals surface area contributed by atoms with Crippen LogP contribution in [0, 0.1) is 6.92 Å². The summed E-state index contributed by atoms with van der Waals surface area (Å²) < 4.78 is 0.799. The zero-order valence-corrected chi connectivity index (χ0v) is 10.4. The zero-order chi connectivity index (χ0) is 10.7. The first-order valence-corrected chi connectivity index (χ1v) is 5.95. The van der Waals surface area contributed by atoms with Crippen molar-refractivity contribution in [3.63, 3.8) is 0 Å². The van der Waals surface area contributed by atoms with E-state index in [-0.39, 0.29) is 0 Å². The third-order valence-corrected chi connectivity index (χ3v) is 2.91. The fourth-order valence-electron chi connectivity index (χ4n) is 1.07. The summed E-state index contributed by atoms with van der Waals surface area (Å²) in [6.45, 7) is 1.87. The number of nitrogens with zero attached hydrogens (tertiary/aromatic N) is 3. The van der Waals surface area contributed by atoms with Crippen molar-refractivity contribution in [1.29, 1.82) is 0 Å². The highest BCUT2D eigenvalue weighted by Crippen LogP contribution is 2.25. The van der Waals surface area contributed by atoms with Crippen molar-refractivity contribution < 1.29 is 0 Å². The number of hydrogen-bond donors (Lipinski definition) is 0. The van der Waals surface area contributed by atoms with E-state index in [1.165, 1.54) is 11.8 Å². The van der Waals surface area contributed by atoms with Gasteiger partial charge in [-0.2, -0.15) is 0 Å². The Morgan fingerprint density at radius 2 is 2.07 bits per heavy atom. The molecule has 15 heavy (non-hydrogen) atoms. The Labute approximate surface area is 101 Å². The maximum Gasteiger partial charge on any atom is 0.127 e. The van der Waals surface area contributed by atoms with Gasteiger partial charge in [-0.05, 0) is 46.7 Å². The number of rotatable bonds is 2. The van der Waals surface area contributed by atoms with Gasteiger partial charge in [0.1, 0.15) is 20.5 Å². The van der Waals surface area contributed by atoms with Gasteiger partial charge in [-0.15, -0.1) is 0 Å². The molecule has 0 unspecified atom stereocenters. The van der Waals surface area contributed by atoms with Crippen molar-refractivity contribution in [3.05, 3.63) is 40.9 Å². The van der Waals surface area contributed by atoms with Gasteiger partial charge in [0, 0.05) is 12.3 Å². The summed E-state index contributed by atoms with van der Waals surface area (Å²) in [5, 5.41) is 1.83. The van der Waals surface area contributed by atoms with Gasteiger partial charge in [0.2, 0.25) is 0 Å². The van der Waals surface area contributed by atoms with E-state index in [4.69, 9.17) is 0 Å². The van der Waals surface area contributed by atoms with Crippen molar-refractivity contribution in [2.75, 3.05) is 0 Å². The summed E-state index contributed by atoms with van der Waals surface area (Å²) >= 11 is 4.87. The smallest absolute Gasteiger partial charge is 0.127 e. The van der Waals surface area contributed by atoms with Crippen molar-refractivity contribution in [2.45, 2.75) is 17.0 Å². The highest BCUT2D eigenvalue weighted by atomic mass is 79.9. The van der Waals surface area contributed by atoms with Gasteiger partial charge in [0.05, 0.1) is 0 Å². The molecule has 0 aliphatic rings. The Balaban J connectivity index is 2.25. The van der Waals surface area contributed by atoms with Crippen LogP contribution in [0.15, 0.2) is 45.1 Å². The molecule has 0 bridgehead atoms. The molecule has 2 heterocycles. The molecule has 2 aromatic heterocycles. The molecule has 0 saturated heterocycles. The van der Waals surface area contributed by atoms with E-state index < -0.39 is 0 Å². The molecule has 0 saturated carbocycles. The van der Waals surface area contributed by atoms with Crippen LogP contribution in [0.25, 0.3) is 0 Å². The molecule has 76 valence electrons. The van der Waals surface area contributed by atoms with Crippen LogP contribution in [-0.2, 0) is 0 Å². The molecular weight excluding hydrogens is 274 g/mol. The molecule has 2 aromatic rings. The minimum Gasteiger partial charge on any atom is -0.250 e. The Bertz CT molecular complexity index is 441. The van der Waals surface area contributed by atoms with Gasteiger partial charge >= 0.3 is 0 Å². The number of pyridine rings is 1. The van der Waals surface area contributed by atoms with Gasteiger partial charge in [-0.25, -0.2) is 15.0 Å². The van der Waals surface area contributed by atoms with Gasteiger partial charge in [0.15, 0.2) is 0 Å². The molecule has 0 amide bonds. The lowest BCUT2D eigenvalue weighted by molar-refractivity contribution is 0.948. The zero-order valence-electron chi connectivity index (χ0n) is 8.01. The fourth-order valence-corrected chi connectivity index (χ4v) is 2.52. The summed E-state index contributed by atoms with van der Waals surface area (Å²) in [6, 6.07) is 7.69. The van der Waals surface area contributed by atoms with Gasteiger partial charge in [0.25, 0.3) is 0 Å². The van der Waals surface area contributed by atoms with Crippen molar-refractivity contribution in [1.82, 2.24) is 15.0 Å². The van der Waals surface area contributed by atoms with E-state index in [1.54, 1.807) is 6.20 Å². The molecule has 0 aliphatic heterocycles. The predicted molar refractivity (Wildman–Crippen MR) is 62.8 cm³/mol. The number of halogens is 1. The summed E-state index contributed by atoms with van der Waals surface area (Å²) in [4.78, 5) is 12.7. The highest BCUT2D eigenvalue weighted by molar-refractivity contribution is 9.10. The van der Waals surface area contributed by atoms with Crippen LogP contribution in [0.5, 0.6) is 0 Å². The molecule has 0 atom stereocenters. The molecule has 0 aromatic carbocycles. The van der Waals surface area contributed by atoms with Crippen LogP contribution in [0.2, 0.25) is 0 Å². The van der Waals surface area contributed by atoms with E-state index in [0.717, 1.165) is 20.5 Å². The largest absolute Gasteiger partial charge is 0.250 e. The summed E-state index contributed by atoms with van der Waals surface area (Å²) in [7, 11) is 0. The van der Waals surface area contributed by atoms with Crippen LogP contribution >= 0.6 is 27.7 Å². The second-order valence-corrected chi connectivity index (χ2v) is 4.70. The highest BCUT2D eigenvalue weighted by Gasteiger charge is 2.02. The van der Waals surface area contributed by atoms with Crippen LogP contribution in [0.4, 0.5) is 0 Å². The first-order chi connectivity index (χ1) is 7.24. The van der Waals surface area contributed by atoms with E-state index in [2.05, 4.69) is 30.9 Å². The molecule has 0 radical (unpaired) electrons. The lowest BCUT2D eigenvalue weighted by atomic mass is 10.5. The van der Waals surface area contributed by atoms with Crippen LogP contribution in [-0.4, -0.2) is 15.0 Å². The second-order valence-electron chi connectivity index (χ2n) is 2.85. The van der Waals surface area contributed by atoms with Gasteiger partial charge < -0.3 is 0 Å². The lowest BCUT2D eigenvalue weighted by Crippen LogP contribution is -1.90. The fraction of sp³-hybridized carbons (Fsp3) is 0.100. The maximum absolute atomic E-state index is 4.31. The molecule has 2 rings (SSSR count). The summed E-state index contributed by atoms with van der Waals surface area (Å²) in [6.07, 6.45) is 1.77. The Kier molecular flexibility index (Phi) is 3.33. The Hall–Kier alpha value is -0.940. The van der Waals surface area contributed by atoms with Crippen LogP contribution in [0.3, 0.4) is 0 Å². The Morgan fingerprint density at radius 1 is 1.20 bits per heavy atom. The van der Waals surface area contributed by atoms with Crippen LogP contribution < -0.4 is 0 Å². The first kappa shape index (κ1) is 10.6. The standard InChI is InChI=1S/C10H8BrN3S/c1-7-13-8(11)6-10(14-7)15-9-4-2-3-5-12-9/h2-6H,1H3. The molecule has 0 aliphatic carbocycles. The van der Waals surface area contributed by atoms with Crippen molar-refractivity contribution in [2.24, 2.45) is 0 Å². The molecule has 0 spiro atoms. The van der Waals surface area contributed by atoms with Gasteiger partial charge in [-0.3, -0.25) is 0 Å². The monoisotopic (exact) mass is 281 g/mol. The topological polar surface area (TPSA) is 38.7 Å². The van der Waals surface area contributed by atoms with E-state index >= 15 is 0 Å². The SMILES string of the molecule is Cc1nc(Br)cc(Sc2ccccn2)n1. The molecule has 0 fully saturated rings.